The number of nitrogens with one attached hydrogen (secondary N) is 1. The Morgan fingerprint density at radius 2 is 1.88 bits per heavy atom. The van der Waals surface area contributed by atoms with E-state index in [9.17, 15) is 18.0 Å². The molecular formula is C9H17NO5S. The Kier molecular flexibility index (Phi) is 4.92. The fraction of sp³-hybridized carbons (Fsp3) is 0.778. The summed E-state index contributed by atoms with van der Waals surface area (Å²) in [6, 6.07) is 0. The second-order valence-electron chi connectivity index (χ2n) is 3.95. The Balaban J connectivity index is 4.60. The molecular weight excluding hydrogens is 234 g/mol. The van der Waals surface area contributed by atoms with Crippen LogP contribution in [0.4, 0.5) is 0 Å². The minimum absolute atomic E-state index is 0.00488. The summed E-state index contributed by atoms with van der Waals surface area (Å²) in [4.78, 5) is 22.4. The van der Waals surface area contributed by atoms with E-state index in [0.717, 1.165) is 6.26 Å². The number of hydrogen-bond acceptors (Lipinski definition) is 4. The zero-order chi connectivity index (χ0) is 13.0. The Morgan fingerprint density at radius 3 is 2.19 bits per heavy atom. The molecule has 1 amide bonds. The van der Waals surface area contributed by atoms with E-state index in [2.05, 4.69) is 5.32 Å². The number of sulfone groups is 1. The SMILES string of the molecule is CNC(=O)C(C)(CCCS(C)(=O)=O)C(=O)O. The van der Waals surface area contributed by atoms with Crippen molar-refractivity contribution >= 4 is 21.7 Å². The van der Waals surface area contributed by atoms with Crippen molar-refractivity contribution in [3.63, 3.8) is 0 Å². The molecule has 1 atom stereocenters. The number of aliphatic carboxylic acids is 1. The third kappa shape index (κ3) is 4.18. The summed E-state index contributed by atoms with van der Waals surface area (Å²) in [6.45, 7) is 1.29. The third-order valence-corrected chi connectivity index (χ3v) is 3.42. The lowest BCUT2D eigenvalue weighted by atomic mass is 9.85. The number of hydrogen-bond donors (Lipinski definition) is 2. The van der Waals surface area contributed by atoms with Crippen molar-refractivity contribution in [1.82, 2.24) is 5.32 Å². The molecule has 0 fully saturated rings. The zero-order valence-corrected chi connectivity index (χ0v) is 10.4. The van der Waals surface area contributed by atoms with Gasteiger partial charge in [0, 0.05) is 19.1 Å². The Labute approximate surface area is 95.0 Å². The van der Waals surface area contributed by atoms with Gasteiger partial charge in [0.05, 0.1) is 0 Å². The molecule has 0 aromatic heterocycles. The van der Waals surface area contributed by atoms with Crippen molar-refractivity contribution in [1.29, 1.82) is 0 Å². The molecule has 16 heavy (non-hydrogen) atoms. The Bertz CT molecular complexity index is 375. The highest BCUT2D eigenvalue weighted by molar-refractivity contribution is 7.90. The number of carboxylic acid groups (broad SMARTS) is 1. The molecule has 0 aromatic carbocycles. The Morgan fingerprint density at radius 1 is 1.38 bits per heavy atom. The quantitative estimate of drug-likeness (QED) is 0.628. The van der Waals surface area contributed by atoms with Crippen molar-refractivity contribution in [3.8, 4) is 0 Å². The van der Waals surface area contributed by atoms with E-state index < -0.39 is 27.1 Å². The van der Waals surface area contributed by atoms with Crippen LogP contribution >= 0.6 is 0 Å². The van der Waals surface area contributed by atoms with Crippen LogP contribution in [-0.2, 0) is 19.4 Å². The van der Waals surface area contributed by atoms with E-state index in [1.165, 1.54) is 14.0 Å². The van der Waals surface area contributed by atoms with E-state index in [1.807, 2.05) is 0 Å². The van der Waals surface area contributed by atoms with Crippen LogP contribution in [0.2, 0.25) is 0 Å². The molecule has 0 aromatic rings. The van der Waals surface area contributed by atoms with Crippen LogP contribution in [0.3, 0.4) is 0 Å². The lowest BCUT2D eigenvalue weighted by Gasteiger charge is -2.22. The van der Waals surface area contributed by atoms with Crippen molar-refractivity contribution in [2.24, 2.45) is 5.41 Å². The van der Waals surface area contributed by atoms with Gasteiger partial charge in [0.15, 0.2) is 0 Å². The standard InChI is InChI=1S/C9H17NO5S/c1-9(8(12)13,7(11)10-2)5-4-6-16(3,14)15/h4-6H2,1-3H3,(H,10,11)(H,12,13). The topological polar surface area (TPSA) is 101 Å². The summed E-state index contributed by atoms with van der Waals surface area (Å²) in [5.41, 5.74) is -1.57. The average molecular weight is 251 g/mol. The fourth-order valence-corrected chi connectivity index (χ4v) is 1.95. The molecule has 0 saturated carbocycles. The predicted octanol–water partition coefficient (Wildman–Crippen LogP) is -0.352. The molecule has 0 bridgehead atoms. The maximum absolute atomic E-state index is 11.4. The van der Waals surface area contributed by atoms with Gasteiger partial charge in [0.2, 0.25) is 5.91 Å². The molecule has 7 heteroatoms. The van der Waals surface area contributed by atoms with Crippen LogP contribution in [0.1, 0.15) is 19.8 Å². The van der Waals surface area contributed by atoms with E-state index >= 15 is 0 Å². The smallest absolute Gasteiger partial charge is 0.318 e. The maximum Gasteiger partial charge on any atom is 0.318 e. The van der Waals surface area contributed by atoms with Gasteiger partial charge in [-0.05, 0) is 19.8 Å². The monoisotopic (exact) mass is 251 g/mol. The van der Waals surface area contributed by atoms with Crippen LogP contribution in [-0.4, -0.2) is 44.5 Å². The highest BCUT2D eigenvalue weighted by atomic mass is 32.2. The molecule has 0 spiro atoms. The van der Waals surface area contributed by atoms with Crippen molar-refractivity contribution in [3.05, 3.63) is 0 Å². The zero-order valence-electron chi connectivity index (χ0n) is 9.61. The first-order chi connectivity index (χ1) is 7.13. The lowest BCUT2D eigenvalue weighted by Crippen LogP contribution is -2.43. The molecule has 0 aliphatic carbocycles. The van der Waals surface area contributed by atoms with E-state index in [0.29, 0.717) is 0 Å². The van der Waals surface area contributed by atoms with Crippen molar-refractivity contribution < 1.29 is 23.1 Å². The van der Waals surface area contributed by atoms with Gasteiger partial charge in [0.1, 0.15) is 15.3 Å². The van der Waals surface area contributed by atoms with E-state index in [4.69, 9.17) is 5.11 Å². The molecule has 0 rings (SSSR count). The van der Waals surface area contributed by atoms with E-state index in [1.54, 1.807) is 0 Å². The highest BCUT2D eigenvalue weighted by Gasteiger charge is 2.40. The molecule has 1 unspecified atom stereocenters. The van der Waals surface area contributed by atoms with Crippen molar-refractivity contribution in [2.45, 2.75) is 19.8 Å². The molecule has 0 heterocycles. The summed E-state index contributed by atoms with van der Waals surface area (Å²) >= 11 is 0. The van der Waals surface area contributed by atoms with E-state index in [-0.39, 0.29) is 18.6 Å². The van der Waals surface area contributed by atoms with Gasteiger partial charge < -0.3 is 10.4 Å². The second kappa shape index (κ2) is 5.29. The minimum atomic E-state index is -3.13. The molecule has 94 valence electrons. The van der Waals surface area contributed by atoms with Gasteiger partial charge in [-0.25, -0.2) is 8.42 Å². The molecule has 6 nitrogen and oxygen atoms in total. The van der Waals surface area contributed by atoms with Crippen LogP contribution in [0.5, 0.6) is 0 Å². The molecule has 0 aliphatic heterocycles. The third-order valence-electron chi connectivity index (χ3n) is 2.39. The van der Waals surface area contributed by atoms with Crippen LogP contribution < -0.4 is 5.32 Å². The van der Waals surface area contributed by atoms with Gasteiger partial charge in [-0.3, -0.25) is 9.59 Å². The molecule has 2 N–H and O–H groups in total. The summed E-state index contributed by atoms with van der Waals surface area (Å²) in [7, 11) is -1.78. The number of rotatable bonds is 6. The fourth-order valence-electron chi connectivity index (χ4n) is 1.28. The van der Waals surface area contributed by atoms with Crippen molar-refractivity contribution in [2.75, 3.05) is 19.1 Å². The van der Waals surface area contributed by atoms with Gasteiger partial charge in [0.25, 0.3) is 0 Å². The summed E-state index contributed by atoms with van der Waals surface area (Å²) in [6.07, 6.45) is 1.22. The maximum atomic E-state index is 11.4. The number of carbonyl (C=O) groups is 2. The first kappa shape index (κ1) is 14.9. The van der Waals surface area contributed by atoms with Gasteiger partial charge >= 0.3 is 5.97 Å². The summed E-state index contributed by atoms with van der Waals surface area (Å²) in [5, 5.41) is 11.2. The summed E-state index contributed by atoms with van der Waals surface area (Å²) in [5.74, 6) is -1.98. The lowest BCUT2D eigenvalue weighted by molar-refractivity contribution is -0.155. The average Bonchev–Trinajstić information content (AvgIpc) is 2.13. The number of amides is 1. The van der Waals surface area contributed by atoms with Gasteiger partial charge in [-0.15, -0.1) is 0 Å². The largest absolute Gasteiger partial charge is 0.480 e. The van der Waals surface area contributed by atoms with Crippen LogP contribution in [0.25, 0.3) is 0 Å². The normalized spacial score (nSPS) is 15.2. The number of carbonyl (C=O) groups excluding carboxylic acids is 1. The Hall–Kier alpha value is -1.11. The minimum Gasteiger partial charge on any atom is -0.480 e. The van der Waals surface area contributed by atoms with Crippen LogP contribution in [0.15, 0.2) is 0 Å². The first-order valence-electron chi connectivity index (χ1n) is 4.77. The first-order valence-corrected chi connectivity index (χ1v) is 6.83. The summed E-state index contributed by atoms with van der Waals surface area (Å²) < 4.78 is 21.8. The van der Waals surface area contributed by atoms with Crippen LogP contribution in [0, 0.1) is 5.41 Å². The molecule has 0 radical (unpaired) electrons. The van der Waals surface area contributed by atoms with Gasteiger partial charge in [-0.1, -0.05) is 0 Å². The second-order valence-corrected chi connectivity index (χ2v) is 6.21. The predicted molar refractivity (Wildman–Crippen MR) is 58.8 cm³/mol. The number of carboxylic acids is 1. The molecule has 0 aliphatic rings. The highest BCUT2D eigenvalue weighted by Crippen LogP contribution is 2.24. The van der Waals surface area contributed by atoms with Gasteiger partial charge in [-0.2, -0.15) is 0 Å². The molecule has 0 saturated heterocycles.